The van der Waals surface area contributed by atoms with Crippen molar-refractivity contribution < 1.29 is 9.84 Å². The molecule has 0 aliphatic carbocycles. The molecule has 1 aliphatic heterocycles. The molecule has 2 unspecified atom stereocenters. The van der Waals surface area contributed by atoms with Crippen molar-refractivity contribution >= 4 is 27.3 Å². The third-order valence-electron chi connectivity index (χ3n) is 3.18. The average Bonchev–Trinajstić information content (AvgIpc) is 2.67. The molecule has 0 saturated carbocycles. The van der Waals surface area contributed by atoms with E-state index in [2.05, 4.69) is 28.9 Å². The van der Waals surface area contributed by atoms with Crippen molar-refractivity contribution in [1.82, 2.24) is 0 Å². The average molecular weight is 319 g/mol. The van der Waals surface area contributed by atoms with Crippen LogP contribution in [0.5, 0.6) is 0 Å². The van der Waals surface area contributed by atoms with E-state index in [1.165, 1.54) is 17.7 Å². The van der Waals surface area contributed by atoms with Gasteiger partial charge in [0.15, 0.2) is 0 Å². The van der Waals surface area contributed by atoms with Crippen LogP contribution < -0.4 is 0 Å². The molecule has 1 N–H and O–H groups in total. The molecule has 4 heteroatoms. The van der Waals surface area contributed by atoms with Crippen LogP contribution in [0.1, 0.15) is 48.0 Å². The van der Waals surface area contributed by atoms with Crippen molar-refractivity contribution in [2.75, 3.05) is 6.61 Å². The molecule has 2 nitrogen and oxygen atoms in total. The van der Waals surface area contributed by atoms with Crippen molar-refractivity contribution in [2.24, 2.45) is 0 Å². The fraction of sp³-hybridized carbons (Fsp3) is 0.692. The first kappa shape index (κ1) is 13.5. The highest BCUT2D eigenvalue weighted by molar-refractivity contribution is 9.10. The zero-order valence-electron chi connectivity index (χ0n) is 10.1. The summed E-state index contributed by atoms with van der Waals surface area (Å²) in [4.78, 5) is 2.29. The molecule has 1 fully saturated rings. The Kier molecular flexibility index (Phi) is 5.03. The molecule has 0 spiro atoms. The maximum Gasteiger partial charge on any atom is 0.0894 e. The van der Waals surface area contributed by atoms with Gasteiger partial charge in [0.25, 0.3) is 0 Å². The van der Waals surface area contributed by atoms with Crippen LogP contribution in [-0.2, 0) is 4.74 Å². The Morgan fingerprint density at radius 1 is 1.59 bits per heavy atom. The molecule has 96 valence electrons. The number of hydrogen-bond acceptors (Lipinski definition) is 3. The first-order valence-corrected chi connectivity index (χ1v) is 7.83. The molecular weight excluding hydrogens is 300 g/mol. The lowest BCUT2D eigenvalue weighted by atomic mass is 10.0. The van der Waals surface area contributed by atoms with Gasteiger partial charge in [-0.3, -0.25) is 0 Å². The number of aliphatic hydroxyl groups is 1. The van der Waals surface area contributed by atoms with Gasteiger partial charge in [0, 0.05) is 20.8 Å². The first-order chi connectivity index (χ1) is 8.16. The Labute approximate surface area is 115 Å². The summed E-state index contributed by atoms with van der Waals surface area (Å²) in [5.41, 5.74) is 0. The summed E-state index contributed by atoms with van der Waals surface area (Å²) in [6.45, 7) is 2.96. The summed E-state index contributed by atoms with van der Waals surface area (Å²) in [5, 5.41) is 10.2. The Hall–Kier alpha value is 0.1000. The molecule has 1 aromatic heterocycles. The largest absolute Gasteiger partial charge is 0.388 e. The fourth-order valence-corrected chi connectivity index (χ4v) is 4.17. The van der Waals surface area contributed by atoms with Gasteiger partial charge in [-0.05, 0) is 61.0 Å². The minimum atomic E-state index is -0.353. The standard InChI is InChI=1S/C13H19BrO2S/c1-9-8-11(14)13(17-9)12(15)6-5-10-4-2-3-7-16-10/h8,10,12,15H,2-7H2,1H3. The number of thiophene rings is 1. The van der Waals surface area contributed by atoms with Gasteiger partial charge >= 0.3 is 0 Å². The maximum atomic E-state index is 10.2. The minimum Gasteiger partial charge on any atom is -0.388 e. The van der Waals surface area contributed by atoms with Crippen LogP contribution in [0.2, 0.25) is 0 Å². The van der Waals surface area contributed by atoms with Crippen LogP contribution in [0.4, 0.5) is 0 Å². The van der Waals surface area contributed by atoms with Crippen molar-refractivity contribution in [3.05, 3.63) is 20.3 Å². The van der Waals surface area contributed by atoms with E-state index in [0.29, 0.717) is 6.10 Å². The molecule has 1 saturated heterocycles. The minimum absolute atomic E-state index is 0.353. The Balaban J connectivity index is 1.84. The van der Waals surface area contributed by atoms with E-state index in [1.807, 2.05) is 0 Å². The second kappa shape index (κ2) is 6.32. The molecule has 0 amide bonds. The molecule has 2 rings (SSSR count). The number of rotatable bonds is 4. The fourth-order valence-electron chi connectivity index (χ4n) is 2.24. The highest BCUT2D eigenvalue weighted by Crippen LogP contribution is 2.34. The summed E-state index contributed by atoms with van der Waals surface area (Å²) >= 11 is 5.17. The zero-order valence-corrected chi connectivity index (χ0v) is 12.5. The van der Waals surface area contributed by atoms with E-state index in [-0.39, 0.29) is 6.10 Å². The second-order valence-electron chi connectivity index (χ2n) is 4.65. The number of aliphatic hydroxyl groups excluding tert-OH is 1. The van der Waals surface area contributed by atoms with Gasteiger partial charge in [0.05, 0.1) is 12.2 Å². The summed E-state index contributed by atoms with van der Waals surface area (Å²) in [5.74, 6) is 0. The van der Waals surface area contributed by atoms with E-state index < -0.39 is 0 Å². The predicted octanol–water partition coefficient (Wildman–Crippen LogP) is 4.20. The SMILES string of the molecule is Cc1cc(Br)c(C(O)CCC2CCCCO2)s1. The predicted molar refractivity (Wildman–Crippen MR) is 74.5 cm³/mol. The van der Waals surface area contributed by atoms with Gasteiger partial charge in [-0.2, -0.15) is 0 Å². The third kappa shape index (κ3) is 3.78. The Morgan fingerprint density at radius 2 is 2.41 bits per heavy atom. The van der Waals surface area contributed by atoms with E-state index >= 15 is 0 Å². The zero-order chi connectivity index (χ0) is 12.3. The number of halogens is 1. The van der Waals surface area contributed by atoms with Crippen LogP contribution in [0, 0.1) is 6.92 Å². The molecular formula is C13H19BrO2S. The normalized spacial score (nSPS) is 22.6. The van der Waals surface area contributed by atoms with Gasteiger partial charge in [0.2, 0.25) is 0 Å². The first-order valence-electron chi connectivity index (χ1n) is 6.22. The van der Waals surface area contributed by atoms with Crippen LogP contribution in [0.3, 0.4) is 0 Å². The molecule has 17 heavy (non-hydrogen) atoms. The van der Waals surface area contributed by atoms with Crippen LogP contribution >= 0.6 is 27.3 Å². The van der Waals surface area contributed by atoms with Gasteiger partial charge in [-0.15, -0.1) is 11.3 Å². The molecule has 0 bridgehead atoms. The summed E-state index contributed by atoms with van der Waals surface area (Å²) in [7, 11) is 0. The van der Waals surface area contributed by atoms with Crippen LogP contribution in [-0.4, -0.2) is 17.8 Å². The molecule has 2 heterocycles. The Morgan fingerprint density at radius 3 is 3.00 bits per heavy atom. The lowest BCUT2D eigenvalue weighted by Gasteiger charge is -2.23. The van der Waals surface area contributed by atoms with E-state index in [4.69, 9.17) is 4.74 Å². The maximum absolute atomic E-state index is 10.2. The lowest BCUT2D eigenvalue weighted by Crippen LogP contribution is -2.19. The summed E-state index contributed by atoms with van der Waals surface area (Å²) < 4.78 is 6.72. The molecule has 1 aliphatic rings. The molecule has 1 aromatic rings. The second-order valence-corrected chi connectivity index (χ2v) is 6.79. The van der Waals surface area contributed by atoms with E-state index in [1.54, 1.807) is 11.3 Å². The highest BCUT2D eigenvalue weighted by atomic mass is 79.9. The highest BCUT2D eigenvalue weighted by Gasteiger charge is 2.19. The summed E-state index contributed by atoms with van der Waals surface area (Å²) in [6, 6.07) is 2.07. The molecule has 0 radical (unpaired) electrons. The number of aryl methyl sites for hydroxylation is 1. The van der Waals surface area contributed by atoms with E-state index in [0.717, 1.165) is 35.2 Å². The van der Waals surface area contributed by atoms with Crippen molar-refractivity contribution in [1.29, 1.82) is 0 Å². The monoisotopic (exact) mass is 318 g/mol. The van der Waals surface area contributed by atoms with Crippen LogP contribution in [0.15, 0.2) is 10.5 Å². The van der Waals surface area contributed by atoms with Crippen molar-refractivity contribution in [3.8, 4) is 0 Å². The van der Waals surface area contributed by atoms with Crippen LogP contribution in [0.25, 0.3) is 0 Å². The lowest BCUT2D eigenvalue weighted by molar-refractivity contribution is 0.00232. The van der Waals surface area contributed by atoms with Gasteiger partial charge in [-0.25, -0.2) is 0 Å². The molecule has 2 atom stereocenters. The Bertz CT molecular complexity index is 358. The van der Waals surface area contributed by atoms with Gasteiger partial charge < -0.3 is 9.84 Å². The quantitative estimate of drug-likeness (QED) is 0.901. The number of ether oxygens (including phenoxy) is 1. The van der Waals surface area contributed by atoms with Crippen molar-refractivity contribution in [2.45, 2.75) is 51.2 Å². The third-order valence-corrected chi connectivity index (χ3v) is 5.25. The van der Waals surface area contributed by atoms with Gasteiger partial charge in [0.1, 0.15) is 0 Å². The van der Waals surface area contributed by atoms with E-state index in [9.17, 15) is 5.11 Å². The number of hydrogen-bond donors (Lipinski definition) is 1. The topological polar surface area (TPSA) is 29.5 Å². The van der Waals surface area contributed by atoms with Gasteiger partial charge in [-0.1, -0.05) is 0 Å². The smallest absolute Gasteiger partial charge is 0.0894 e. The summed E-state index contributed by atoms with van der Waals surface area (Å²) in [6.07, 6.45) is 5.37. The van der Waals surface area contributed by atoms with Crippen molar-refractivity contribution in [3.63, 3.8) is 0 Å². The molecule has 0 aromatic carbocycles.